The van der Waals surface area contributed by atoms with Crippen LogP contribution in [-0.2, 0) is 11.3 Å². The van der Waals surface area contributed by atoms with Gasteiger partial charge in [0, 0.05) is 12.6 Å². The van der Waals surface area contributed by atoms with Crippen molar-refractivity contribution in [2.24, 2.45) is 0 Å². The zero-order valence-electron chi connectivity index (χ0n) is 11.1. The maximum absolute atomic E-state index is 10.5. The van der Waals surface area contributed by atoms with E-state index in [2.05, 4.69) is 24.9 Å². The minimum absolute atomic E-state index is 0.898. The van der Waals surface area contributed by atoms with Gasteiger partial charge >= 0.3 is 5.97 Å². The van der Waals surface area contributed by atoms with E-state index in [1.54, 1.807) is 6.08 Å². The van der Waals surface area contributed by atoms with Gasteiger partial charge in [0.2, 0.25) is 0 Å². The van der Waals surface area contributed by atoms with Crippen molar-refractivity contribution in [2.45, 2.75) is 26.3 Å². The molecule has 0 fully saturated rings. The van der Waals surface area contributed by atoms with Crippen molar-refractivity contribution >= 4 is 12.0 Å². The van der Waals surface area contributed by atoms with Crippen molar-refractivity contribution in [3.8, 4) is 0 Å². The van der Waals surface area contributed by atoms with E-state index in [1.807, 2.05) is 18.2 Å². The van der Waals surface area contributed by atoms with Crippen LogP contribution in [-0.4, -0.2) is 29.6 Å². The average Bonchev–Trinajstić information content (AvgIpc) is 2.34. The van der Waals surface area contributed by atoms with Gasteiger partial charge in [0.25, 0.3) is 0 Å². The van der Waals surface area contributed by atoms with E-state index in [4.69, 9.17) is 5.11 Å². The van der Waals surface area contributed by atoms with Crippen LogP contribution in [0.5, 0.6) is 0 Å². The van der Waals surface area contributed by atoms with Crippen LogP contribution in [0.3, 0.4) is 0 Å². The highest BCUT2D eigenvalue weighted by atomic mass is 16.4. The predicted octanol–water partition coefficient (Wildman–Crippen LogP) is 3.02. The fraction of sp³-hybridized carbons (Fsp3) is 0.400. The molecule has 0 heterocycles. The fourth-order valence-corrected chi connectivity index (χ4v) is 1.78. The molecule has 0 aromatic heterocycles. The summed E-state index contributed by atoms with van der Waals surface area (Å²) >= 11 is 0. The summed E-state index contributed by atoms with van der Waals surface area (Å²) in [5.41, 5.74) is 2.14. The predicted molar refractivity (Wildman–Crippen MR) is 74.4 cm³/mol. The van der Waals surface area contributed by atoms with Gasteiger partial charge < -0.3 is 10.0 Å². The summed E-state index contributed by atoms with van der Waals surface area (Å²) < 4.78 is 0. The van der Waals surface area contributed by atoms with Gasteiger partial charge in [-0.05, 0) is 37.2 Å². The zero-order valence-corrected chi connectivity index (χ0v) is 11.1. The van der Waals surface area contributed by atoms with Crippen molar-refractivity contribution in [2.75, 3.05) is 13.6 Å². The number of carboxylic acid groups (broad SMARTS) is 1. The number of benzene rings is 1. The summed E-state index contributed by atoms with van der Waals surface area (Å²) in [6, 6.07) is 7.97. The molecule has 1 rings (SSSR count). The van der Waals surface area contributed by atoms with Gasteiger partial charge in [-0.25, -0.2) is 4.79 Å². The normalized spacial score (nSPS) is 11.3. The summed E-state index contributed by atoms with van der Waals surface area (Å²) in [6.07, 6.45) is 5.19. The summed E-state index contributed by atoms with van der Waals surface area (Å²) in [5.74, 6) is -0.916. The molecule has 0 aliphatic carbocycles. The van der Waals surface area contributed by atoms with Gasteiger partial charge in [0.05, 0.1) is 0 Å². The van der Waals surface area contributed by atoms with Crippen LogP contribution >= 0.6 is 0 Å². The third-order valence-electron chi connectivity index (χ3n) is 2.72. The largest absolute Gasteiger partial charge is 0.478 e. The van der Waals surface area contributed by atoms with Gasteiger partial charge in [0.1, 0.15) is 0 Å². The quantitative estimate of drug-likeness (QED) is 0.753. The van der Waals surface area contributed by atoms with E-state index in [0.717, 1.165) is 18.7 Å². The number of hydrogen-bond acceptors (Lipinski definition) is 2. The molecule has 0 aliphatic heterocycles. The molecule has 0 atom stereocenters. The lowest BCUT2D eigenvalue weighted by Gasteiger charge is -2.16. The minimum atomic E-state index is -0.916. The molecule has 0 aliphatic rings. The van der Waals surface area contributed by atoms with E-state index >= 15 is 0 Å². The van der Waals surface area contributed by atoms with Gasteiger partial charge in [0.15, 0.2) is 0 Å². The van der Waals surface area contributed by atoms with E-state index < -0.39 is 5.97 Å². The Morgan fingerprint density at radius 2 is 2.22 bits per heavy atom. The van der Waals surface area contributed by atoms with E-state index in [1.165, 1.54) is 24.5 Å². The molecular weight excluding hydrogens is 226 g/mol. The highest BCUT2D eigenvalue weighted by Gasteiger charge is 2.00. The van der Waals surface area contributed by atoms with Gasteiger partial charge in [-0.3, -0.25) is 0 Å². The Kier molecular flexibility index (Phi) is 6.15. The lowest BCUT2D eigenvalue weighted by atomic mass is 10.1. The molecule has 3 nitrogen and oxygen atoms in total. The number of unbranched alkanes of at least 4 members (excludes halogenated alkanes) is 1. The van der Waals surface area contributed by atoms with Gasteiger partial charge in [-0.2, -0.15) is 0 Å². The van der Waals surface area contributed by atoms with Gasteiger partial charge in [-0.1, -0.05) is 37.6 Å². The van der Waals surface area contributed by atoms with Crippen LogP contribution < -0.4 is 0 Å². The smallest absolute Gasteiger partial charge is 0.328 e. The Balaban J connectivity index is 2.61. The van der Waals surface area contributed by atoms with E-state index in [-0.39, 0.29) is 0 Å². The molecule has 1 aromatic carbocycles. The highest BCUT2D eigenvalue weighted by molar-refractivity contribution is 5.85. The molecular formula is C15H21NO2. The fourth-order valence-electron chi connectivity index (χ4n) is 1.78. The Morgan fingerprint density at radius 3 is 2.89 bits per heavy atom. The van der Waals surface area contributed by atoms with Crippen LogP contribution in [0, 0.1) is 0 Å². The Bertz CT molecular complexity index is 413. The molecule has 18 heavy (non-hydrogen) atoms. The molecule has 1 aromatic rings. The van der Waals surface area contributed by atoms with Crippen molar-refractivity contribution in [3.63, 3.8) is 0 Å². The molecule has 0 amide bonds. The molecule has 0 saturated heterocycles. The molecule has 0 radical (unpaired) electrons. The molecule has 3 heteroatoms. The van der Waals surface area contributed by atoms with Crippen molar-refractivity contribution in [1.29, 1.82) is 0 Å². The van der Waals surface area contributed by atoms with Crippen LogP contribution in [0.15, 0.2) is 30.3 Å². The summed E-state index contributed by atoms with van der Waals surface area (Å²) in [6.45, 7) is 4.17. The lowest BCUT2D eigenvalue weighted by molar-refractivity contribution is -0.131. The Hall–Kier alpha value is -1.61. The number of aliphatic carboxylic acids is 1. The van der Waals surface area contributed by atoms with Crippen molar-refractivity contribution in [1.82, 2.24) is 4.90 Å². The standard InChI is InChI=1S/C15H21NO2/c1-3-4-10-16(2)12-14-7-5-6-13(11-14)8-9-15(17)18/h5-9,11H,3-4,10,12H2,1-2H3,(H,17,18). The molecule has 98 valence electrons. The second kappa shape index (κ2) is 7.67. The van der Waals surface area contributed by atoms with Crippen molar-refractivity contribution < 1.29 is 9.90 Å². The Labute approximate surface area is 109 Å². The van der Waals surface area contributed by atoms with Crippen LogP contribution in [0.25, 0.3) is 6.08 Å². The molecule has 0 saturated carbocycles. The summed E-state index contributed by atoms with van der Waals surface area (Å²) in [4.78, 5) is 12.7. The van der Waals surface area contributed by atoms with Crippen LogP contribution in [0.4, 0.5) is 0 Å². The third kappa shape index (κ3) is 5.64. The zero-order chi connectivity index (χ0) is 13.4. The SMILES string of the molecule is CCCCN(C)Cc1cccc(C=CC(=O)O)c1. The number of carboxylic acids is 1. The van der Waals surface area contributed by atoms with Gasteiger partial charge in [-0.15, -0.1) is 0 Å². The first-order valence-corrected chi connectivity index (χ1v) is 6.30. The number of hydrogen-bond donors (Lipinski definition) is 1. The number of carbonyl (C=O) groups is 1. The molecule has 1 N–H and O–H groups in total. The lowest BCUT2D eigenvalue weighted by Crippen LogP contribution is -2.18. The second-order valence-electron chi connectivity index (χ2n) is 4.51. The first-order chi connectivity index (χ1) is 8.61. The second-order valence-corrected chi connectivity index (χ2v) is 4.51. The van der Waals surface area contributed by atoms with Crippen LogP contribution in [0.1, 0.15) is 30.9 Å². The first-order valence-electron chi connectivity index (χ1n) is 6.30. The maximum Gasteiger partial charge on any atom is 0.328 e. The summed E-state index contributed by atoms with van der Waals surface area (Å²) in [7, 11) is 2.11. The van der Waals surface area contributed by atoms with E-state index in [0.29, 0.717) is 0 Å². The first kappa shape index (κ1) is 14.5. The monoisotopic (exact) mass is 247 g/mol. The highest BCUT2D eigenvalue weighted by Crippen LogP contribution is 2.09. The third-order valence-corrected chi connectivity index (χ3v) is 2.72. The van der Waals surface area contributed by atoms with Crippen molar-refractivity contribution in [3.05, 3.63) is 41.5 Å². The molecule has 0 spiro atoms. The Morgan fingerprint density at radius 1 is 1.44 bits per heavy atom. The number of nitrogens with zero attached hydrogens (tertiary/aromatic N) is 1. The van der Waals surface area contributed by atoms with E-state index in [9.17, 15) is 4.79 Å². The minimum Gasteiger partial charge on any atom is -0.478 e. The average molecular weight is 247 g/mol. The summed E-state index contributed by atoms with van der Waals surface area (Å²) in [5, 5.41) is 8.59. The topological polar surface area (TPSA) is 40.5 Å². The maximum atomic E-state index is 10.5. The van der Waals surface area contributed by atoms with Crippen LogP contribution in [0.2, 0.25) is 0 Å². The molecule has 0 unspecified atom stereocenters. The number of rotatable bonds is 7. The molecule has 0 bridgehead atoms.